The number of aliphatic hydroxyl groups excluding tert-OH is 1. The Morgan fingerprint density at radius 2 is 2.19 bits per heavy atom. The van der Waals surface area contributed by atoms with Crippen molar-refractivity contribution >= 4 is 11.8 Å². The number of halogens is 2. The molecule has 0 spiro atoms. The first-order chi connectivity index (χ1) is 7.62. The second-order valence-electron chi connectivity index (χ2n) is 3.80. The van der Waals surface area contributed by atoms with Gasteiger partial charge in [-0.05, 0) is 11.6 Å². The van der Waals surface area contributed by atoms with E-state index in [1.165, 1.54) is 0 Å². The van der Waals surface area contributed by atoms with Gasteiger partial charge in [-0.3, -0.25) is 0 Å². The van der Waals surface area contributed by atoms with Crippen LogP contribution in [0, 0.1) is 0 Å². The van der Waals surface area contributed by atoms with Gasteiger partial charge in [0.1, 0.15) is 6.61 Å². The van der Waals surface area contributed by atoms with E-state index in [0.717, 1.165) is 16.2 Å². The highest BCUT2D eigenvalue weighted by atomic mass is 32.2. The lowest BCUT2D eigenvalue weighted by atomic mass is 10.1. The Morgan fingerprint density at radius 1 is 1.44 bits per heavy atom. The minimum Gasteiger partial charge on any atom is -0.390 e. The molecule has 1 heterocycles. The fourth-order valence-electron chi connectivity index (χ4n) is 1.66. The summed E-state index contributed by atoms with van der Waals surface area (Å²) in [7, 11) is 0. The van der Waals surface area contributed by atoms with Crippen molar-refractivity contribution in [3.05, 3.63) is 29.8 Å². The quantitative estimate of drug-likeness (QED) is 0.851. The van der Waals surface area contributed by atoms with Crippen molar-refractivity contribution in [3.8, 4) is 0 Å². The maximum absolute atomic E-state index is 12.9. The zero-order chi connectivity index (χ0) is 11.6. The van der Waals surface area contributed by atoms with Gasteiger partial charge in [0, 0.05) is 16.7 Å². The summed E-state index contributed by atoms with van der Waals surface area (Å²) in [6.45, 7) is -1.59. The standard InChI is InChI=1S/C11H13F2NOS/c12-11(13,7-15)6-14-9-5-16-10-4-2-1-3-8(9)10/h1-4,9,14-15H,5-7H2. The summed E-state index contributed by atoms with van der Waals surface area (Å²) >= 11 is 1.66. The summed E-state index contributed by atoms with van der Waals surface area (Å²) in [5.41, 5.74) is 1.07. The molecule has 2 rings (SSSR count). The van der Waals surface area contributed by atoms with Gasteiger partial charge in [-0.1, -0.05) is 18.2 Å². The van der Waals surface area contributed by atoms with Crippen LogP contribution < -0.4 is 5.32 Å². The fourth-order valence-corrected chi connectivity index (χ4v) is 2.86. The molecule has 5 heteroatoms. The van der Waals surface area contributed by atoms with E-state index >= 15 is 0 Å². The number of aliphatic hydroxyl groups is 1. The Hall–Kier alpha value is -0.650. The number of nitrogens with one attached hydrogen (secondary N) is 1. The highest BCUT2D eigenvalue weighted by molar-refractivity contribution is 7.99. The molecule has 0 amide bonds. The third-order valence-electron chi connectivity index (χ3n) is 2.54. The van der Waals surface area contributed by atoms with Gasteiger partial charge in [0.05, 0.1) is 6.54 Å². The predicted octanol–water partition coefficient (Wildman–Crippen LogP) is 2.05. The molecule has 0 bridgehead atoms. The summed E-state index contributed by atoms with van der Waals surface area (Å²) in [5, 5.41) is 11.3. The highest BCUT2D eigenvalue weighted by Gasteiger charge is 2.30. The van der Waals surface area contributed by atoms with Crippen molar-refractivity contribution in [1.29, 1.82) is 0 Å². The first-order valence-electron chi connectivity index (χ1n) is 5.06. The summed E-state index contributed by atoms with van der Waals surface area (Å²) in [5.74, 6) is -2.27. The molecule has 2 nitrogen and oxygen atoms in total. The lowest BCUT2D eigenvalue weighted by Gasteiger charge is -2.18. The number of rotatable bonds is 4. The molecule has 16 heavy (non-hydrogen) atoms. The smallest absolute Gasteiger partial charge is 0.282 e. The Balaban J connectivity index is 1.99. The van der Waals surface area contributed by atoms with Crippen molar-refractivity contribution in [1.82, 2.24) is 5.32 Å². The third-order valence-corrected chi connectivity index (χ3v) is 3.72. The van der Waals surface area contributed by atoms with Crippen LogP contribution in [0.2, 0.25) is 0 Å². The molecule has 0 aliphatic carbocycles. The maximum Gasteiger partial charge on any atom is 0.282 e. The van der Waals surface area contributed by atoms with Crippen LogP contribution in [0.1, 0.15) is 11.6 Å². The van der Waals surface area contributed by atoms with E-state index in [0.29, 0.717) is 0 Å². The van der Waals surface area contributed by atoms with Crippen LogP contribution in [-0.4, -0.2) is 29.9 Å². The van der Waals surface area contributed by atoms with Crippen LogP contribution in [-0.2, 0) is 0 Å². The van der Waals surface area contributed by atoms with Crippen LogP contribution in [0.25, 0.3) is 0 Å². The molecule has 88 valence electrons. The van der Waals surface area contributed by atoms with Crippen LogP contribution >= 0.6 is 11.8 Å². The molecule has 1 aromatic rings. The first kappa shape index (κ1) is 11.8. The summed E-state index contributed by atoms with van der Waals surface area (Å²) in [6.07, 6.45) is 0. The number of benzene rings is 1. The summed E-state index contributed by atoms with van der Waals surface area (Å²) in [6, 6.07) is 7.74. The van der Waals surface area contributed by atoms with Crippen LogP contribution in [0.5, 0.6) is 0 Å². The van der Waals surface area contributed by atoms with E-state index in [4.69, 9.17) is 5.11 Å². The summed E-state index contributed by atoms with van der Waals surface area (Å²) < 4.78 is 25.7. The lowest BCUT2D eigenvalue weighted by molar-refractivity contribution is -0.0489. The molecule has 1 aliphatic rings. The molecule has 1 atom stereocenters. The van der Waals surface area contributed by atoms with Crippen molar-refractivity contribution < 1.29 is 13.9 Å². The van der Waals surface area contributed by atoms with Gasteiger partial charge in [0.25, 0.3) is 5.92 Å². The molecule has 1 aromatic carbocycles. The summed E-state index contributed by atoms with van der Waals surface area (Å²) in [4.78, 5) is 1.15. The first-order valence-corrected chi connectivity index (χ1v) is 6.05. The number of fused-ring (bicyclic) bond motifs is 1. The second kappa shape index (κ2) is 4.69. The van der Waals surface area contributed by atoms with Gasteiger partial charge in [-0.25, -0.2) is 8.78 Å². The molecule has 2 N–H and O–H groups in total. The Morgan fingerprint density at radius 3 is 2.94 bits per heavy atom. The van der Waals surface area contributed by atoms with Gasteiger partial charge < -0.3 is 10.4 Å². The molecule has 0 saturated carbocycles. The molecule has 1 unspecified atom stereocenters. The van der Waals surface area contributed by atoms with E-state index in [-0.39, 0.29) is 6.04 Å². The number of alkyl halides is 2. The fraction of sp³-hybridized carbons (Fsp3) is 0.455. The average Bonchev–Trinajstić information content (AvgIpc) is 2.70. The molecular formula is C11H13F2NOS. The normalized spacial score (nSPS) is 19.8. The topological polar surface area (TPSA) is 32.3 Å². The largest absolute Gasteiger partial charge is 0.390 e. The molecule has 0 aromatic heterocycles. The monoisotopic (exact) mass is 245 g/mol. The Kier molecular flexibility index (Phi) is 3.47. The number of hydrogen-bond acceptors (Lipinski definition) is 3. The Bertz CT molecular complexity index is 373. The van der Waals surface area contributed by atoms with Crippen molar-refractivity contribution in [2.24, 2.45) is 0 Å². The van der Waals surface area contributed by atoms with Gasteiger partial charge in [0.2, 0.25) is 0 Å². The van der Waals surface area contributed by atoms with Crippen LogP contribution in [0.15, 0.2) is 29.2 Å². The van der Waals surface area contributed by atoms with E-state index in [9.17, 15) is 8.78 Å². The predicted molar refractivity (Wildman–Crippen MR) is 59.9 cm³/mol. The molecule has 0 saturated heterocycles. The van der Waals surface area contributed by atoms with Gasteiger partial charge >= 0.3 is 0 Å². The minimum absolute atomic E-state index is 0.0429. The van der Waals surface area contributed by atoms with Gasteiger partial charge in [0.15, 0.2) is 0 Å². The van der Waals surface area contributed by atoms with Crippen molar-refractivity contribution in [3.63, 3.8) is 0 Å². The zero-order valence-corrected chi connectivity index (χ0v) is 9.44. The van der Waals surface area contributed by atoms with Crippen molar-refractivity contribution in [2.75, 3.05) is 18.9 Å². The van der Waals surface area contributed by atoms with E-state index in [1.54, 1.807) is 11.8 Å². The lowest BCUT2D eigenvalue weighted by Crippen LogP contribution is -2.37. The molecular weight excluding hydrogens is 232 g/mol. The highest BCUT2D eigenvalue weighted by Crippen LogP contribution is 2.37. The third kappa shape index (κ3) is 2.53. The average molecular weight is 245 g/mol. The minimum atomic E-state index is -3.04. The van der Waals surface area contributed by atoms with Gasteiger partial charge in [-0.15, -0.1) is 11.8 Å². The Labute approximate surface area is 97.0 Å². The maximum atomic E-state index is 12.9. The SMILES string of the molecule is OCC(F)(F)CNC1CSc2ccccc21. The van der Waals surface area contributed by atoms with Crippen LogP contribution in [0.4, 0.5) is 8.78 Å². The number of hydrogen-bond donors (Lipinski definition) is 2. The van der Waals surface area contributed by atoms with E-state index in [2.05, 4.69) is 5.32 Å². The molecule has 1 aliphatic heterocycles. The molecule has 0 fully saturated rings. The number of thioether (sulfide) groups is 1. The van der Waals surface area contributed by atoms with E-state index in [1.807, 2.05) is 24.3 Å². The van der Waals surface area contributed by atoms with E-state index < -0.39 is 19.1 Å². The second-order valence-corrected chi connectivity index (χ2v) is 4.86. The van der Waals surface area contributed by atoms with Gasteiger partial charge in [-0.2, -0.15) is 0 Å². The zero-order valence-electron chi connectivity index (χ0n) is 8.62. The van der Waals surface area contributed by atoms with Crippen LogP contribution in [0.3, 0.4) is 0 Å². The molecule has 0 radical (unpaired) electrons. The van der Waals surface area contributed by atoms with Crippen molar-refractivity contribution in [2.45, 2.75) is 16.9 Å².